The summed E-state index contributed by atoms with van der Waals surface area (Å²) < 4.78 is 30.7. The van der Waals surface area contributed by atoms with Crippen LogP contribution in [0.1, 0.15) is 81.5 Å². The van der Waals surface area contributed by atoms with Gasteiger partial charge in [0.2, 0.25) is 0 Å². The highest BCUT2D eigenvalue weighted by molar-refractivity contribution is 7.91. The van der Waals surface area contributed by atoms with Crippen molar-refractivity contribution in [2.75, 3.05) is 5.75 Å². The molecule has 180 valence electrons. The summed E-state index contributed by atoms with van der Waals surface area (Å²) in [6.07, 6.45) is 14.3. The number of unbranched alkanes of at least 4 members (excludes halogenated alkanes) is 7. The lowest BCUT2D eigenvalue weighted by Gasteiger charge is -2.16. The molecule has 33 heavy (non-hydrogen) atoms. The second-order valence-electron chi connectivity index (χ2n) is 8.46. The lowest BCUT2D eigenvalue weighted by molar-refractivity contribution is 0.0283. The van der Waals surface area contributed by atoms with E-state index in [2.05, 4.69) is 6.92 Å². The molecule has 4 nitrogen and oxygen atoms in total. The van der Waals surface area contributed by atoms with Crippen LogP contribution < -0.4 is 0 Å². The SMILES string of the molecule is CCCCCCCCCCC(C/C=C/CS(=O)(=O)c1ccccc1)OC(=O)c1ccccc1. The predicted molar refractivity (Wildman–Crippen MR) is 135 cm³/mol. The van der Waals surface area contributed by atoms with Crippen molar-refractivity contribution < 1.29 is 17.9 Å². The first kappa shape index (κ1) is 26.8. The molecule has 0 saturated carbocycles. The number of hydrogen-bond acceptors (Lipinski definition) is 4. The van der Waals surface area contributed by atoms with Gasteiger partial charge < -0.3 is 4.74 Å². The summed E-state index contributed by atoms with van der Waals surface area (Å²) in [5.41, 5.74) is 0.536. The molecule has 2 rings (SSSR count). The van der Waals surface area contributed by atoms with Crippen molar-refractivity contribution in [1.29, 1.82) is 0 Å². The molecular weight excluding hydrogens is 432 g/mol. The molecule has 1 unspecified atom stereocenters. The van der Waals surface area contributed by atoms with Gasteiger partial charge in [-0.3, -0.25) is 0 Å². The summed E-state index contributed by atoms with van der Waals surface area (Å²) in [6.45, 7) is 2.22. The summed E-state index contributed by atoms with van der Waals surface area (Å²) in [4.78, 5) is 12.8. The minimum atomic E-state index is -3.35. The molecule has 0 saturated heterocycles. The zero-order chi connectivity index (χ0) is 23.8. The number of hydrogen-bond donors (Lipinski definition) is 0. The van der Waals surface area contributed by atoms with Crippen molar-refractivity contribution in [1.82, 2.24) is 0 Å². The Kier molecular flexibility index (Phi) is 12.6. The van der Waals surface area contributed by atoms with Gasteiger partial charge in [-0.2, -0.15) is 0 Å². The van der Waals surface area contributed by atoms with E-state index in [0.717, 1.165) is 19.3 Å². The van der Waals surface area contributed by atoms with Crippen LogP contribution in [0.2, 0.25) is 0 Å². The molecule has 2 aromatic carbocycles. The molecule has 0 fully saturated rings. The molecule has 0 aliphatic heterocycles. The maximum Gasteiger partial charge on any atom is 0.338 e. The van der Waals surface area contributed by atoms with E-state index in [-0.39, 0.29) is 17.8 Å². The predicted octanol–water partition coefficient (Wildman–Crippen LogP) is 7.16. The van der Waals surface area contributed by atoms with Crippen molar-refractivity contribution in [2.45, 2.75) is 82.1 Å². The van der Waals surface area contributed by atoms with Gasteiger partial charge >= 0.3 is 5.97 Å². The fourth-order valence-corrected chi connectivity index (χ4v) is 4.84. The normalized spacial score (nSPS) is 12.6. The van der Waals surface area contributed by atoms with Crippen LogP contribution in [0.4, 0.5) is 0 Å². The number of carbonyl (C=O) groups is 1. The Morgan fingerprint density at radius 1 is 0.818 bits per heavy atom. The number of rotatable bonds is 16. The van der Waals surface area contributed by atoms with Crippen molar-refractivity contribution in [3.63, 3.8) is 0 Å². The van der Waals surface area contributed by atoms with Gasteiger partial charge in [-0.1, -0.05) is 100 Å². The average Bonchev–Trinajstić information content (AvgIpc) is 2.84. The topological polar surface area (TPSA) is 60.4 Å². The highest BCUT2D eigenvalue weighted by Gasteiger charge is 2.15. The molecule has 0 N–H and O–H groups in total. The Labute approximate surface area is 200 Å². The Morgan fingerprint density at radius 2 is 1.39 bits per heavy atom. The van der Waals surface area contributed by atoms with Gasteiger partial charge in [0.1, 0.15) is 6.10 Å². The highest BCUT2D eigenvalue weighted by atomic mass is 32.2. The molecule has 0 spiro atoms. The fraction of sp³-hybridized carbons (Fsp3) is 0.464. The van der Waals surface area contributed by atoms with Crippen LogP contribution in [0.5, 0.6) is 0 Å². The van der Waals surface area contributed by atoms with Crippen molar-refractivity contribution in [3.8, 4) is 0 Å². The smallest absolute Gasteiger partial charge is 0.338 e. The Balaban J connectivity index is 1.85. The average molecular weight is 471 g/mol. The van der Waals surface area contributed by atoms with Crippen molar-refractivity contribution in [2.24, 2.45) is 0 Å². The van der Waals surface area contributed by atoms with Crippen molar-refractivity contribution in [3.05, 3.63) is 78.4 Å². The van der Waals surface area contributed by atoms with Gasteiger partial charge in [0.15, 0.2) is 9.84 Å². The molecule has 0 amide bonds. The third-order valence-corrected chi connectivity index (χ3v) is 7.27. The zero-order valence-electron chi connectivity index (χ0n) is 19.8. The first-order valence-electron chi connectivity index (χ1n) is 12.2. The van der Waals surface area contributed by atoms with Crippen LogP contribution >= 0.6 is 0 Å². The molecular formula is C28H38O4S. The van der Waals surface area contributed by atoms with Crippen LogP contribution in [0.25, 0.3) is 0 Å². The molecule has 0 radical (unpaired) electrons. The summed E-state index contributed by atoms with van der Waals surface area (Å²) in [5.74, 6) is -0.390. The highest BCUT2D eigenvalue weighted by Crippen LogP contribution is 2.17. The molecule has 2 aromatic rings. The first-order chi connectivity index (χ1) is 16.0. The largest absolute Gasteiger partial charge is 0.458 e. The second-order valence-corrected chi connectivity index (χ2v) is 10.5. The maximum absolute atomic E-state index is 12.5. The van der Waals surface area contributed by atoms with E-state index in [0.29, 0.717) is 16.9 Å². The number of ether oxygens (including phenoxy) is 1. The van der Waals surface area contributed by atoms with E-state index in [1.165, 1.54) is 38.5 Å². The standard InChI is InChI=1S/C28H38O4S/c1-2-3-4-5-6-7-8-13-20-26(32-28(29)25-18-11-9-12-19-25)21-16-17-24-33(30,31)27-22-14-10-15-23-27/h9-12,14-19,22-23,26H,2-8,13,20-21,24H2,1H3/b17-16+. The summed E-state index contributed by atoms with van der Waals surface area (Å²) in [7, 11) is -3.35. The van der Waals surface area contributed by atoms with E-state index in [1.807, 2.05) is 24.3 Å². The lowest BCUT2D eigenvalue weighted by atomic mass is 10.0. The Morgan fingerprint density at radius 3 is 2.03 bits per heavy atom. The zero-order valence-corrected chi connectivity index (χ0v) is 20.6. The van der Waals surface area contributed by atoms with E-state index in [9.17, 15) is 13.2 Å². The van der Waals surface area contributed by atoms with Crippen LogP contribution in [0, 0.1) is 0 Å². The lowest BCUT2D eigenvalue weighted by Crippen LogP contribution is -2.18. The van der Waals surface area contributed by atoms with Crippen LogP contribution in [-0.2, 0) is 14.6 Å². The van der Waals surface area contributed by atoms with Gasteiger partial charge in [0.05, 0.1) is 16.2 Å². The second kappa shape index (κ2) is 15.4. The summed E-state index contributed by atoms with van der Waals surface area (Å²) in [6, 6.07) is 17.5. The maximum atomic E-state index is 12.5. The quantitative estimate of drug-likeness (QED) is 0.148. The van der Waals surface area contributed by atoms with Crippen LogP contribution in [0.3, 0.4) is 0 Å². The monoisotopic (exact) mass is 470 g/mol. The third-order valence-electron chi connectivity index (χ3n) is 5.65. The molecule has 0 bridgehead atoms. The molecule has 0 heterocycles. The number of sulfone groups is 1. The summed E-state index contributed by atoms with van der Waals surface area (Å²) >= 11 is 0. The van der Waals surface area contributed by atoms with Gasteiger partial charge in [-0.15, -0.1) is 0 Å². The van der Waals surface area contributed by atoms with Crippen molar-refractivity contribution >= 4 is 15.8 Å². The molecule has 0 aliphatic rings. The Hall–Kier alpha value is -2.40. The molecule has 0 aromatic heterocycles. The van der Waals surface area contributed by atoms with E-state index in [1.54, 1.807) is 48.5 Å². The molecule has 5 heteroatoms. The third kappa shape index (κ3) is 10.8. The minimum absolute atomic E-state index is 0.0614. The fourth-order valence-electron chi connectivity index (χ4n) is 3.69. The van der Waals surface area contributed by atoms with Gasteiger partial charge in [0, 0.05) is 6.42 Å². The first-order valence-corrected chi connectivity index (χ1v) is 13.9. The number of carbonyl (C=O) groups excluding carboxylic acids is 1. The summed E-state index contributed by atoms with van der Waals surface area (Å²) in [5, 5.41) is 0. The van der Waals surface area contributed by atoms with E-state index >= 15 is 0 Å². The number of esters is 1. The number of benzene rings is 2. The Bertz CT molecular complexity index is 921. The van der Waals surface area contributed by atoms with Crippen LogP contribution in [0.15, 0.2) is 77.7 Å². The van der Waals surface area contributed by atoms with Crippen LogP contribution in [-0.4, -0.2) is 26.2 Å². The minimum Gasteiger partial charge on any atom is -0.458 e. The van der Waals surface area contributed by atoms with E-state index in [4.69, 9.17) is 4.74 Å². The molecule has 1 atom stereocenters. The van der Waals surface area contributed by atoms with E-state index < -0.39 is 9.84 Å². The van der Waals surface area contributed by atoms with Gasteiger partial charge in [-0.25, -0.2) is 13.2 Å². The van der Waals surface area contributed by atoms with Gasteiger partial charge in [0.25, 0.3) is 0 Å². The van der Waals surface area contributed by atoms with Gasteiger partial charge in [-0.05, 0) is 37.1 Å². The molecule has 0 aliphatic carbocycles.